The number of rotatable bonds is 3. The van der Waals surface area contributed by atoms with Gasteiger partial charge in [0.05, 0.1) is 12.0 Å². The summed E-state index contributed by atoms with van der Waals surface area (Å²) in [6, 6.07) is 16.3. The number of esters is 1. The molecule has 20 heavy (non-hydrogen) atoms. The maximum absolute atomic E-state index is 12.3. The Morgan fingerprint density at radius 2 is 1.70 bits per heavy atom. The highest BCUT2D eigenvalue weighted by atomic mass is 16.6. The molecule has 0 saturated heterocycles. The van der Waals surface area contributed by atoms with Gasteiger partial charge in [-0.15, -0.1) is 0 Å². The lowest BCUT2D eigenvalue weighted by molar-refractivity contribution is -0.000625. The number of Topliss-reactive ketones (excluding diaryl/α,β-unsaturated/α-hetero) is 1. The van der Waals surface area contributed by atoms with E-state index in [1.807, 2.05) is 30.3 Å². The van der Waals surface area contributed by atoms with Gasteiger partial charge >= 0.3 is 5.97 Å². The number of hydrogen-bond acceptors (Lipinski definition) is 3. The predicted octanol–water partition coefficient (Wildman–Crippen LogP) is 3.35. The zero-order valence-electron chi connectivity index (χ0n) is 11.1. The first-order valence-corrected chi connectivity index (χ1v) is 6.51. The lowest BCUT2D eigenvalue weighted by Gasteiger charge is -2.23. The standard InChI is InChI=1S/C17H14O3/c1-17(11-15(18)12-7-3-2-4-8-12)14-10-6-5-9-13(14)16(19)20-17/h2-10H,11H2,1H3. The molecule has 0 N–H and O–H groups in total. The number of benzene rings is 2. The molecule has 0 fully saturated rings. The summed E-state index contributed by atoms with van der Waals surface area (Å²) >= 11 is 0. The smallest absolute Gasteiger partial charge is 0.339 e. The molecule has 2 aromatic rings. The highest BCUT2D eigenvalue weighted by Crippen LogP contribution is 2.39. The van der Waals surface area contributed by atoms with Crippen LogP contribution in [0, 0.1) is 0 Å². The van der Waals surface area contributed by atoms with E-state index in [1.54, 1.807) is 31.2 Å². The van der Waals surface area contributed by atoms with Crippen LogP contribution in [-0.4, -0.2) is 11.8 Å². The van der Waals surface area contributed by atoms with Gasteiger partial charge in [-0.25, -0.2) is 4.79 Å². The predicted molar refractivity (Wildman–Crippen MR) is 74.6 cm³/mol. The monoisotopic (exact) mass is 266 g/mol. The third-order valence-corrected chi connectivity index (χ3v) is 3.63. The van der Waals surface area contributed by atoms with Crippen molar-refractivity contribution in [3.63, 3.8) is 0 Å². The van der Waals surface area contributed by atoms with Crippen LogP contribution in [0.5, 0.6) is 0 Å². The lowest BCUT2D eigenvalue weighted by Crippen LogP contribution is -2.25. The maximum Gasteiger partial charge on any atom is 0.339 e. The highest BCUT2D eigenvalue weighted by Gasteiger charge is 2.42. The van der Waals surface area contributed by atoms with Crippen molar-refractivity contribution >= 4 is 11.8 Å². The summed E-state index contributed by atoms with van der Waals surface area (Å²) in [6.07, 6.45) is 0.153. The summed E-state index contributed by atoms with van der Waals surface area (Å²) in [5.41, 5.74) is 1.10. The summed E-state index contributed by atoms with van der Waals surface area (Å²) in [5.74, 6) is -0.387. The normalized spacial score (nSPS) is 20.4. The molecular weight excluding hydrogens is 252 g/mol. The number of carbonyl (C=O) groups excluding carboxylic acids is 2. The van der Waals surface area contributed by atoms with Gasteiger partial charge in [0.25, 0.3) is 0 Å². The lowest BCUT2D eigenvalue weighted by atomic mass is 9.88. The van der Waals surface area contributed by atoms with E-state index in [9.17, 15) is 9.59 Å². The van der Waals surface area contributed by atoms with E-state index in [0.717, 1.165) is 5.56 Å². The van der Waals surface area contributed by atoms with Gasteiger partial charge in [-0.1, -0.05) is 48.5 Å². The molecule has 2 aromatic carbocycles. The third-order valence-electron chi connectivity index (χ3n) is 3.63. The van der Waals surface area contributed by atoms with Crippen molar-refractivity contribution in [1.82, 2.24) is 0 Å². The fourth-order valence-corrected chi connectivity index (χ4v) is 2.60. The fourth-order valence-electron chi connectivity index (χ4n) is 2.60. The van der Waals surface area contributed by atoms with Gasteiger partial charge < -0.3 is 4.74 Å². The summed E-state index contributed by atoms with van der Waals surface area (Å²) in [4.78, 5) is 24.2. The minimum Gasteiger partial charge on any atom is -0.450 e. The van der Waals surface area contributed by atoms with E-state index in [-0.39, 0.29) is 18.2 Å². The number of ketones is 1. The van der Waals surface area contributed by atoms with Crippen LogP contribution in [0.1, 0.15) is 39.6 Å². The Balaban J connectivity index is 1.92. The van der Waals surface area contributed by atoms with Gasteiger partial charge in [0.2, 0.25) is 0 Å². The van der Waals surface area contributed by atoms with Gasteiger partial charge in [0, 0.05) is 11.1 Å². The Morgan fingerprint density at radius 1 is 1.05 bits per heavy atom. The van der Waals surface area contributed by atoms with Gasteiger partial charge in [-0.2, -0.15) is 0 Å². The molecule has 1 aliphatic rings. The van der Waals surface area contributed by atoms with Gasteiger partial charge in [0.1, 0.15) is 5.60 Å². The fraction of sp³-hybridized carbons (Fsp3) is 0.176. The number of cyclic esters (lactones) is 1. The highest BCUT2D eigenvalue weighted by molar-refractivity contribution is 5.99. The van der Waals surface area contributed by atoms with Crippen molar-refractivity contribution in [2.45, 2.75) is 18.9 Å². The molecule has 1 heterocycles. The molecule has 0 aliphatic carbocycles. The van der Waals surface area contributed by atoms with Crippen LogP contribution >= 0.6 is 0 Å². The molecule has 1 unspecified atom stereocenters. The first kappa shape index (κ1) is 12.6. The first-order valence-electron chi connectivity index (χ1n) is 6.51. The van der Waals surface area contributed by atoms with Crippen molar-refractivity contribution < 1.29 is 14.3 Å². The minimum absolute atomic E-state index is 0.0300. The van der Waals surface area contributed by atoms with E-state index < -0.39 is 5.60 Å². The molecule has 100 valence electrons. The number of ether oxygens (including phenoxy) is 1. The van der Waals surface area contributed by atoms with Crippen molar-refractivity contribution in [2.24, 2.45) is 0 Å². The number of fused-ring (bicyclic) bond motifs is 1. The van der Waals surface area contributed by atoms with Crippen LogP contribution in [0.3, 0.4) is 0 Å². The number of hydrogen-bond donors (Lipinski definition) is 0. The van der Waals surface area contributed by atoms with Crippen molar-refractivity contribution in [2.75, 3.05) is 0 Å². The van der Waals surface area contributed by atoms with E-state index in [4.69, 9.17) is 4.74 Å². The quantitative estimate of drug-likeness (QED) is 0.632. The molecule has 0 radical (unpaired) electrons. The Hall–Kier alpha value is -2.42. The maximum atomic E-state index is 12.3. The molecule has 0 aromatic heterocycles. The van der Waals surface area contributed by atoms with Crippen LogP contribution in [0.2, 0.25) is 0 Å². The van der Waals surface area contributed by atoms with Crippen molar-refractivity contribution in [3.05, 3.63) is 71.3 Å². The van der Waals surface area contributed by atoms with Gasteiger partial charge in [-0.3, -0.25) is 4.79 Å². The first-order chi connectivity index (χ1) is 9.60. The van der Waals surface area contributed by atoms with E-state index in [1.165, 1.54) is 0 Å². The summed E-state index contributed by atoms with van der Waals surface area (Å²) in [7, 11) is 0. The molecule has 0 spiro atoms. The van der Waals surface area contributed by atoms with Crippen LogP contribution < -0.4 is 0 Å². The van der Waals surface area contributed by atoms with Crippen LogP contribution in [0.15, 0.2) is 54.6 Å². The average molecular weight is 266 g/mol. The van der Waals surface area contributed by atoms with Gasteiger partial charge in [0.15, 0.2) is 5.78 Å². The van der Waals surface area contributed by atoms with E-state index in [0.29, 0.717) is 11.1 Å². The van der Waals surface area contributed by atoms with Crippen LogP contribution in [0.25, 0.3) is 0 Å². The second-order valence-electron chi connectivity index (χ2n) is 5.13. The Morgan fingerprint density at radius 3 is 2.45 bits per heavy atom. The molecule has 0 amide bonds. The summed E-state index contributed by atoms with van der Waals surface area (Å²) in [6.45, 7) is 1.79. The molecule has 1 aliphatic heterocycles. The molecule has 3 heteroatoms. The number of carbonyl (C=O) groups is 2. The zero-order chi connectivity index (χ0) is 14.2. The van der Waals surface area contributed by atoms with Gasteiger partial charge in [-0.05, 0) is 13.0 Å². The molecular formula is C17H14O3. The summed E-state index contributed by atoms with van der Waals surface area (Å²) < 4.78 is 5.45. The molecule has 3 rings (SSSR count). The average Bonchev–Trinajstić information content (AvgIpc) is 2.72. The van der Waals surface area contributed by atoms with Crippen molar-refractivity contribution in [1.29, 1.82) is 0 Å². The largest absolute Gasteiger partial charge is 0.450 e. The Bertz CT molecular complexity index is 676. The second kappa shape index (κ2) is 4.60. The van der Waals surface area contributed by atoms with Crippen LogP contribution in [-0.2, 0) is 10.3 Å². The minimum atomic E-state index is -0.874. The Labute approximate surface area is 117 Å². The van der Waals surface area contributed by atoms with E-state index >= 15 is 0 Å². The molecule has 1 atom stereocenters. The Kier molecular flexibility index (Phi) is 2.90. The summed E-state index contributed by atoms with van der Waals surface area (Å²) in [5, 5.41) is 0. The molecule has 0 bridgehead atoms. The van der Waals surface area contributed by atoms with E-state index in [2.05, 4.69) is 0 Å². The molecule has 0 saturated carbocycles. The molecule has 3 nitrogen and oxygen atoms in total. The topological polar surface area (TPSA) is 43.4 Å². The van der Waals surface area contributed by atoms with Crippen LogP contribution in [0.4, 0.5) is 0 Å². The SMILES string of the molecule is CC1(CC(=O)c2ccccc2)OC(=O)c2ccccc21. The zero-order valence-corrected chi connectivity index (χ0v) is 11.1. The second-order valence-corrected chi connectivity index (χ2v) is 5.13. The third kappa shape index (κ3) is 2.01. The van der Waals surface area contributed by atoms with Crippen molar-refractivity contribution in [3.8, 4) is 0 Å².